The number of carbonyl (C=O) groups is 3. The van der Waals surface area contributed by atoms with E-state index in [0.717, 1.165) is 16.7 Å². The highest BCUT2D eigenvalue weighted by Crippen LogP contribution is 2.30. The number of hydrogen-bond acceptors (Lipinski definition) is 3. The summed E-state index contributed by atoms with van der Waals surface area (Å²) in [7, 11) is 0. The summed E-state index contributed by atoms with van der Waals surface area (Å²) in [5, 5.41) is 2.77. The summed E-state index contributed by atoms with van der Waals surface area (Å²) < 4.78 is 14.7. The van der Waals surface area contributed by atoms with Crippen molar-refractivity contribution in [2.45, 2.75) is 26.1 Å². The van der Waals surface area contributed by atoms with Crippen molar-refractivity contribution in [3.63, 3.8) is 0 Å². The van der Waals surface area contributed by atoms with E-state index in [1.807, 2.05) is 61.5 Å². The van der Waals surface area contributed by atoms with Crippen LogP contribution in [0, 0.1) is 12.7 Å². The molecule has 6 nitrogen and oxygen atoms in total. The Kier molecular flexibility index (Phi) is 7.01. The zero-order valence-electron chi connectivity index (χ0n) is 18.9. The Morgan fingerprint density at radius 2 is 1.62 bits per heavy atom. The normalized spacial score (nSPS) is 16.0. The number of nitrogens with zero attached hydrogens (tertiary/aromatic N) is 2. The van der Waals surface area contributed by atoms with Gasteiger partial charge in [-0.05, 0) is 24.1 Å². The van der Waals surface area contributed by atoms with Crippen molar-refractivity contribution in [3.8, 4) is 0 Å². The molecule has 1 fully saturated rings. The van der Waals surface area contributed by atoms with E-state index in [4.69, 9.17) is 0 Å². The standard InChI is InChI=1S/C27H26FN3O3/c1-19-11-13-21(14-12-19)16-31-25(33)18-30(17-24(32)29-15-20-7-3-2-4-8-20)27(34)26(31)22-9-5-6-10-23(22)28/h2-14,26H,15-18H2,1H3,(H,29,32). The van der Waals surface area contributed by atoms with Crippen molar-refractivity contribution < 1.29 is 18.8 Å². The molecule has 1 aliphatic heterocycles. The molecule has 3 amide bonds. The molecule has 1 saturated heterocycles. The van der Waals surface area contributed by atoms with Crippen molar-refractivity contribution in [1.29, 1.82) is 0 Å². The van der Waals surface area contributed by atoms with Crippen LogP contribution in [0.3, 0.4) is 0 Å². The van der Waals surface area contributed by atoms with E-state index in [0.29, 0.717) is 6.54 Å². The van der Waals surface area contributed by atoms with Gasteiger partial charge < -0.3 is 15.1 Å². The van der Waals surface area contributed by atoms with Gasteiger partial charge in [-0.3, -0.25) is 14.4 Å². The van der Waals surface area contributed by atoms with Crippen molar-refractivity contribution in [1.82, 2.24) is 15.1 Å². The highest BCUT2D eigenvalue weighted by atomic mass is 19.1. The zero-order chi connectivity index (χ0) is 24.1. The van der Waals surface area contributed by atoms with Gasteiger partial charge in [0.2, 0.25) is 11.8 Å². The smallest absolute Gasteiger partial charge is 0.251 e. The van der Waals surface area contributed by atoms with Crippen molar-refractivity contribution in [2.75, 3.05) is 13.1 Å². The second kappa shape index (κ2) is 10.3. The fourth-order valence-corrected chi connectivity index (χ4v) is 4.01. The lowest BCUT2D eigenvalue weighted by atomic mass is 9.99. The van der Waals surface area contributed by atoms with E-state index in [1.54, 1.807) is 6.07 Å². The number of piperazine rings is 1. The third-order valence-electron chi connectivity index (χ3n) is 5.84. The van der Waals surface area contributed by atoms with E-state index >= 15 is 0 Å². The number of aryl methyl sites for hydroxylation is 1. The first kappa shape index (κ1) is 23.2. The van der Waals surface area contributed by atoms with Crippen LogP contribution in [-0.2, 0) is 27.5 Å². The summed E-state index contributed by atoms with van der Waals surface area (Å²) in [6.45, 7) is 1.92. The molecule has 1 unspecified atom stereocenters. The third-order valence-corrected chi connectivity index (χ3v) is 5.84. The molecular formula is C27H26FN3O3. The molecule has 0 radical (unpaired) electrons. The Hall–Kier alpha value is -4.00. The molecule has 0 spiro atoms. The molecule has 3 aromatic rings. The number of nitrogens with one attached hydrogen (secondary N) is 1. The highest BCUT2D eigenvalue weighted by molar-refractivity contribution is 5.97. The fraction of sp³-hybridized carbons (Fsp3) is 0.222. The molecule has 1 aliphatic rings. The molecule has 1 atom stereocenters. The predicted molar refractivity (Wildman–Crippen MR) is 126 cm³/mol. The van der Waals surface area contributed by atoms with Crippen LogP contribution < -0.4 is 5.32 Å². The molecule has 0 aromatic heterocycles. The van der Waals surface area contributed by atoms with Crippen molar-refractivity contribution in [2.24, 2.45) is 0 Å². The fourth-order valence-electron chi connectivity index (χ4n) is 4.01. The topological polar surface area (TPSA) is 69.7 Å². The maximum absolute atomic E-state index is 14.7. The van der Waals surface area contributed by atoms with Gasteiger partial charge in [-0.15, -0.1) is 0 Å². The Labute approximate surface area is 198 Å². The highest BCUT2D eigenvalue weighted by Gasteiger charge is 2.42. The number of amides is 3. The summed E-state index contributed by atoms with van der Waals surface area (Å²) in [4.78, 5) is 41.8. The summed E-state index contributed by atoms with van der Waals surface area (Å²) in [6.07, 6.45) is 0. The Bertz CT molecular complexity index is 1180. The molecule has 4 rings (SSSR count). The molecule has 0 saturated carbocycles. The minimum absolute atomic E-state index is 0.113. The van der Waals surface area contributed by atoms with Crippen LogP contribution in [0.5, 0.6) is 0 Å². The van der Waals surface area contributed by atoms with Crippen LogP contribution >= 0.6 is 0 Å². The minimum atomic E-state index is -1.15. The van der Waals surface area contributed by atoms with Crippen LogP contribution in [0.25, 0.3) is 0 Å². The van der Waals surface area contributed by atoms with Crippen LogP contribution in [0.4, 0.5) is 4.39 Å². The van der Waals surface area contributed by atoms with Gasteiger partial charge in [0.25, 0.3) is 5.91 Å². The second-order valence-corrected chi connectivity index (χ2v) is 8.39. The van der Waals surface area contributed by atoms with Gasteiger partial charge in [-0.1, -0.05) is 78.4 Å². The van der Waals surface area contributed by atoms with Gasteiger partial charge in [-0.25, -0.2) is 4.39 Å². The number of hydrogen-bond donors (Lipinski definition) is 1. The van der Waals surface area contributed by atoms with E-state index in [-0.39, 0.29) is 37.0 Å². The lowest BCUT2D eigenvalue weighted by Gasteiger charge is -2.40. The minimum Gasteiger partial charge on any atom is -0.350 e. The van der Waals surface area contributed by atoms with Crippen LogP contribution in [0.2, 0.25) is 0 Å². The Morgan fingerprint density at radius 1 is 0.941 bits per heavy atom. The van der Waals surface area contributed by atoms with Gasteiger partial charge in [0.1, 0.15) is 24.9 Å². The largest absolute Gasteiger partial charge is 0.350 e. The Morgan fingerprint density at radius 3 is 2.32 bits per heavy atom. The molecular weight excluding hydrogens is 433 g/mol. The summed E-state index contributed by atoms with van der Waals surface area (Å²) in [6, 6.07) is 21.8. The number of halogens is 1. The second-order valence-electron chi connectivity index (χ2n) is 8.39. The summed E-state index contributed by atoms with van der Waals surface area (Å²) in [5.74, 6) is -1.78. The number of rotatable bonds is 7. The maximum Gasteiger partial charge on any atom is 0.251 e. The monoisotopic (exact) mass is 459 g/mol. The first-order chi connectivity index (χ1) is 16.4. The van der Waals surface area contributed by atoms with Crippen LogP contribution in [0.1, 0.15) is 28.3 Å². The van der Waals surface area contributed by atoms with E-state index in [9.17, 15) is 18.8 Å². The predicted octanol–water partition coefficient (Wildman–Crippen LogP) is 3.36. The Balaban J connectivity index is 1.54. The summed E-state index contributed by atoms with van der Waals surface area (Å²) in [5.41, 5.74) is 2.94. The molecule has 0 aliphatic carbocycles. The van der Waals surface area contributed by atoms with Gasteiger partial charge in [0.15, 0.2) is 0 Å². The van der Waals surface area contributed by atoms with Crippen molar-refractivity contribution >= 4 is 17.7 Å². The zero-order valence-corrected chi connectivity index (χ0v) is 18.9. The SMILES string of the molecule is Cc1ccc(CN2C(=O)CN(CC(=O)NCc3ccccc3)C(=O)C2c2ccccc2F)cc1. The maximum atomic E-state index is 14.7. The number of carbonyl (C=O) groups excluding carboxylic acids is 3. The third kappa shape index (κ3) is 5.31. The molecule has 0 bridgehead atoms. The lowest BCUT2D eigenvalue weighted by molar-refractivity contribution is -0.158. The molecule has 1 heterocycles. The summed E-state index contributed by atoms with van der Waals surface area (Å²) >= 11 is 0. The van der Waals surface area contributed by atoms with Crippen LogP contribution in [-0.4, -0.2) is 40.6 Å². The molecule has 174 valence electrons. The molecule has 1 N–H and O–H groups in total. The van der Waals surface area contributed by atoms with E-state index < -0.39 is 17.8 Å². The molecule has 3 aromatic carbocycles. The quantitative estimate of drug-likeness (QED) is 0.589. The van der Waals surface area contributed by atoms with E-state index in [1.165, 1.54) is 28.0 Å². The number of benzene rings is 3. The average molecular weight is 460 g/mol. The van der Waals surface area contributed by atoms with Crippen molar-refractivity contribution in [3.05, 3.63) is 107 Å². The average Bonchev–Trinajstić information content (AvgIpc) is 2.84. The van der Waals surface area contributed by atoms with Gasteiger partial charge in [-0.2, -0.15) is 0 Å². The van der Waals surface area contributed by atoms with Gasteiger partial charge in [0.05, 0.1) is 0 Å². The molecule has 7 heteroatoms. The first-order valence-corrected chi connectivity index (χ1v) is 11.1. The van der Waals surface area contributed by atoms with Gasteiger partial charge >= 0.3 is 0 Å². The molecule has 34 heavy (non-hydrogen) atoms. The van der Waals surface area contributed by atoms with Gasteiger partial charge in [0, 0.05) is 18.7 Å². The van der Waals surface area contributed by atoms with E-state index in [2.05, 4.69) is 5.32 Å². The lowest BCUT2D eigenvalue weighted by Crippen LogP contribution is -2.57. The first-order valence-electron chi connectivity index (χ1n) is 11.1. The van der Waals surface area contributed by atoms with Crippen LogP contribution in [0.15, 0.2) is 78.9 Å².